The zero-order valence-electron chi connectivity index (χ0n) is 17.3. The fraction of sp³-hybridized carbons (Fsp3) is 0.450. The molecule has 0 aromatic carbocycles. The summed E-state index contributed by atoms with van der Waals surface area (Å²) >= 11 is 1.54. The van der Waals surface area contributed by atoms with Gasteiger partial charge in [-0.3, -0.25) is 14.6 Å². The largest absolute Gasteiger partial charge is 0.365 e. The standard InChI is InChI=1S/C20H25N9OS/c1-3-15(30)28-8-4-5-12(10-28)22-17-16-18(26-27-19(16)31-2)25-20(24-17)23-13-9-21-29(11-13)14-6-7-14/h3,9,11-12,14H,1,4-8,10H2,2H3,(H3,22,23,24,25,26,27)/t12-/m1/s1. The van der Waals surface area contributed by atoms with Crippen LogP contribution in [0.5, 0.6) is 0 Å². The van der Waals surface area contributed by atoms with E-state index in [1.807, 2.05) is 22.0 Å². The Labute approximate surface area is 183 Å². The number of nitrogens with one attached hydrogen (secondary N) is 3. The molecular formula is C20H25N9OS. The Hall–Kier alpha value is -3.08. The van der Waals surface area contributed by atoms with Crippen molar-refractivity contribution in [3.63, 3.8) is 0 Å². The zero-order valence-corrected chi connectivity index (χ0v) is 18.2. The van der Waals surface area contributed by atoms with Crippen LogP contribution in [0, 0.1) is 0 Å². The van der Waals surface area contributed by atoms with Gasteiger partial charge in [-0.2, -0.15) is 20.2 Å². The van der Waals surface area contributed by atoms with Crippen molar-refractivity contribution >= 4 is 46.2 Å². The van der Waals surface area contributed by atoms with Crippen LogP contribution in [0.25, 0.3) is 11.0 Å². The molecule has 10 nitrogen and oxygen atoms in total. The highest BCUT2D eigenvalue weighted by molar-refractivity contribution is 7.98. The number of thioether (sulfide) groups is 1. The normalized spacial score (nSPS) is 18.9. The number of fused-ring (bicyclic) bond motifs is 1. The number of likely N-dealkylation sites (tertiary alicyclic amines) is 1. The summed E-state index contributed by atoms with van der Waals surface area (Å²) in [6, 6.07) is 0.603. The molecule has 162 valence electrons. The molecule has 3 aromatic rings. The summed E-state index contributed by atoms with van der Waals surface area (Å²) in [5.41, 5.74) is 1.51. The SMILES string of the molecule is C=CC(=O)N1CCC[C@@H](Nc2nc(Nc3cnn(C4CC4)c3)nc3[nH]nc(SC)c23)C1. The van der Waals surface area contributed by atoms with Crippen LogP contribution in [-0.2, 0) is 4.79 Å². The summed E-state index contributed by atoms with van der Waals surface area (Å²) in [5.74, 6) is 1.14. The molecule has 1 aliphatic heterocycles. The van der Waals surface area contributed by atoms with Gasteiger partial charge >= 0.3 is 0 Å². The van der Waals surface area contributed by atoms with E-state index in [1.165, 1.54) is 30.7 Å². The zero-order chi connectivity index (χ0) is 21.4. The Kier molecular flexibility index (Phi) is 5.26. The lowest BCUT2D eigenvalue weighted by Gasteiger charge is -2.33. The molecular weight excluding hydrogens is 414 g/mol. The predicted molar refractivity (Wildman–Crippen MR) is 121 cm³/mol. The van der Waals surface area contributed by atoms with Gasteiger partial charge in [-0.1, -0.05) is 6.58 Å². The summed E-state index contributed by atoms with van der Waals surface area (Å²) in [4.78, 5) is 23.3. The van der Waals surface area contributed by atoms with Crippen molar-refractivity contribution in [1.82, 2.24) is 34.8 Å². The van der Waals surface area contributed by atoms with Crippen LogP contribution in [0.3, 0.4) is 0 Å². The van der Waals surface area contributed by atoms with Crippen LogP contribution in [0.4, 0.5) is 17.5 Å². The Morgan fingerprint density at radius 2 is 2.23 bits per heavy atom. The first-order chi connectivity index (χ1) is 15.1. The number of aromatic amines is 1. The number of carbonyl (C=O) groups is 1. The van der Waals surface area contributed by atoms with Crippen molar-refractivity contribution in [2.24, 2.45) is 0 Å². The van der Waals surface area contributed by atoms with E-state index >= 15 is 0 Å². The van der Waals surface area contributed by atoms with Crippen LogP contribution < -0.4 is 10.6 Å². The number of piperidine rings is 1. The third kappa shape index (κ3) is 4.09. The van der Waals surface area contributed by atoms with E-state index in [-0.39, 0.29) is 11.9 Å². The molecule has 1 aliphatic carbocycles. The quantitative estimate of drug-likeness (QED) is 0.380. The van der Waals surface area contributed by atoms with Gasteiger partial charge in [-0.15, -0.1) is 11.8 Å². The number of hydrogen-bond donors (Lipinski definition) is 3. The summed E-state index contributed by atoms with van der Waals surface area (Å²) in [6.07, 6.45) is 11.4. The first-order valence-corrected chi connectivity index (χ1v) is 11.7. The lowest BCUT2D eigenvalue weighted by atomic mass is 10.1. The monoisotopic (exact) mass is 439 g/mol. The first-order valence-electron chi connectivity index (χ1n) is 10.4. The molecule has 1 atom stereocenters. The molecule has 31 heavy (non-hydrogen) atoms. The fourth-order valence-corrected chi connectivity index (χ4v) is 4.43. The molecule has 0 bridgehead atoms. The number of aromatic nitrogens is 6. The van der Waals surface area contributed by atoms with E-state index in [1.54, 1.807) is 6.20 Å². The molecule has 0 spiro atoms. The summed E-state index contributed by atoms with van der Waals surface area (Å²) in [6.45, 7) is 4.97. The van der Waals surface area contributed by atoms with Crippen molar-refractivity contribution < 1.29 is 4.79 Å². The topological polar surface area (TPSA) is 117 Å². The second-order valence-electron chi connectivity index (χ2n) is 7.89. The molecule has 4 heterocycles. The minimum atomic E-state index is -0.0394. The lowest BCUT2D eigenvalue weighted by molar-refractivity contribution is -0.127. The van der Waals surface area contributed by atoms with Crippen LogP contribution in [0.2, 0.25) is 0 Å². The van der Waals surface area contributed by atoms with E-state index < -0.39 is 0 Å². The van der Waals surface area contributed by atoms with Crippen LogP contribution in [0.1, 0.15) is 31.7 Å². The van der Waals surface area contributed by atoms with E-state index in [0.29, 0.717) is 30.0 Å². The third-order valence-electron chi connectivity index (χ3n) is 5.61. The maximum Gasteiger partial charge on any atom is 0.246 e. The molecule has 2 fully saturated rings. The highest BCUT2D eigenvalue weighted by Gasteiger charge is 2.26. The van der Waals surface area contributed by atoms with Gasteiger partial charge in [0.1, 0.15) is 10.8 Å². The maximum absolute atomic E-state index is 12.1. The van der Waals surface area contributed by atoms with Gasteiger partial charge in [-0.05, 0) is 38.0 Å². The number of nitrogens with zero attached hydrogens (tertiary/aromatic N) is 6. The molecule has 5 rings (SSSR count). The van der Waals surface area contributed by atoms with E-state index in [4.69, 9.17) is 4.98 Å². The van der Waals surface area contributed by atoms with Gasteiger partial charge in [0, 0.05) is 25.3 Å². The van der Waals surface area contributed by atoms with E-state index in [2.05, 4.69) is 37.5 Å². The van der Waals surface area contributed by atoms with E-state index in [0.717, 1.165) is 35.5 Å². The molecule has 0 unspecified atom stereocenters. The van der Waals surface area contributed by atoms with Crippen molar-refractivity contribution in [1.29, 1.82) is 0 Å². The number of H-pyrrole nitrogens is 1. The number of hydrogen-bond acceptors (Lipinski definition) is 8. The maximum atomic E-state index is 12.1. The van der Waals surface area contributed by atoms with Crippen LogP contribution in [-0.4, -0.2) is 66.1 Å². The van der Waals surface area contributed by atoms with Gasteiger partial charge in [0.2, 0.25) is 11.9 Å². The molecule has 3 N–H and O–H groups in total. The minimum absolute atomic E-state index is 0.0394. The Morgan fingerprint density at radius 3 is 3.00 bits per heavy atom. The molecule has 1 saturated heterocycles. The average molecular weight is 440 g/mol. The molecule has 1 amide bonds. The molecule has 2 aliphatic rings. The second-order valence-corrected chi connectivity index (χ2v) is 8.68. The van der Waals surface area contributed by atoms with Gasteiger partial charge < -0.3 is 15.5 Å². The van der Waals surface area contributed by atoms with E-state index in [9.17, 15) is 4.79 Å². The first kappa shape index (κ1) is 19.9. The average Bonchev–Trinajstić information content (AvgIpc) is 3.39. The summed E-state index contributed by atoms with van der Waals surface area (Å²) < 4.78 is 1.98. The molecule has 1 saturated carbocycles. The minimum Gasteiger partial charge on any atom is -0.365 e. The lowest BCUT2D eigenvalue weighted by Crippen LogP contribution is -2.44. The number of carbonyl (C=O) groups excluding carboxylic acids is 1. The van der Waals surface area contributed by atoms with Gasteiger partial charge in [0.15, 0.2) is 5.65 Å². The predicted octanol–water partition coefficient (Wildman–Crippen LogP) is 2.94. The third-order valence-corrected chi connectivity index (χ3v) is 6.29. The number of amides is 1. The Morgan fingerprint density at radius 1 is 1.35 bits per heavy atom. The van der Waals surface area contributed by atoms with Crippen LogP contribution >= 0.6 is 11.8 Å². The van der Waals surface area contributed by atoms with Gasteiger partial charge in [0.05, 0.1) is 23.3 Å². The number of rotatable bonds is 7. The molecule has 0 radical (unpaired) electrons. The number of anilines is 3. The molecule has 3 aromatic heterocycles. The Bertz CT molecular complexity index is 1120. The summed E-state index contributed by atoms with van der Waals surface area (Å²) in [5, 5.41) is 20.3. The molecule has 11 heteroatoms. The summed E-state index contributed by atoms with van der Waals surface area (Å²) in [7, 11) is 0. The second kappa shape index (κ2) is 8.22. The van der Waals surface area contributed by atoms with Crippen molar-refractivity contribution in [3.05, 3.63) is 25.0 Å². The van der Waals surface area contributed by atoms with Crippen molar-refractivity contribution in [2.45, 2.75) is 42.8 Å². The van der Waals surface area contributed by atoms with Gasteiger partial charge in [-0.25, -0.2) is 0 Å². The fourth-order valence-electron chi connectivity index (χ4n) is 3.90. The smallest absolute Gasteiger partial charge is 0.246 e. The highest BCUT2D eigenvalue weighted by Crippen LogP contribution is 2.35. The highest BCUT2D eigenvalue weighted by atomic mass is 32.2. The van der Waals surface area contributed by atoms with Crippen molar-refractivity contribution in [3.8, 4) is 0 Å². The Balaban J connectivity index is 1.42. The van der Waals surface area contributed by atoms with Crippen molar-refractivity contribution in [2.75, 3.05) is 30.0 Å². The van der Waals surface area contributed by atoms with Crippen LogP contribution in [0.15, 0.2) is 30.1 Å². The van der Waals surface area contributed by atoms with Gasteiger partial charge in [0.25, 0.3) is 0 Å².